The van der Waals surface area contributed by atoms with Gasteiger partial charge in [0.05, 0.1) is 10.2 Å². The van der Waals surface area contributed by atoms with Crippen molar-refractivity contribution in [3.63, 3.8) is 0 Å². The minimum absolute atomic E-state index is 0.226. The van der Waals surface area contributed by atoms with Gasteiger partial charge in [-0.05, 0) is 23.7 Å². The summed E-state index contributed by atoms with van der Waals surface area (Å²) < 4.78 is 0. The summed E-state index contributed by atoms with van der Waals surface area (Å²) in [7, 11) is 0. The average molecular weight is 228 g/mol. The van der Waals surface area contributed by atoms with Crippen LogP contribution >= 0.6 is 0 Å². The quantitative estimate of drug-likeness (QED) is 0.478. The highest BCUT2D eigenvalue weighted by molar-refractivity contribution is 5.16. The maximum Gasteiger partial charge on any atom is 0.410 e. The fourth-order valence-corrected chi connectivity index (χ4v) is 1.56. The predicted octanol–water partition coefficient (Wildman–Crippen LogP) is -0.527. The van der Waals surface area contributed by atoms with Gasteiger partial charge in [-0.1, -0.05) is 0 Å². The smallest absolute Gasteiger partial charge is 0.358 e. The zero-order valence-corrected chi connectivity index (χ0v) is 8.42. The number of nitrogens with zero attached hydrogens (tertiary/aromatic N) is 4. The van der Waals surface area contributed by atoms with Crippen LogP contribution in [-0.2, 0) is 0 Å². The van der Waals surface area contributed by atoms with Gasteiger partial charge in [-0.3, -0.25) is 0 Å². The predicted molar refractivity (Wildman–Crippen MR) is 49.3 cm³/mol. The number of nitrogens with one attached hydrogen (secondary N) is 2. The van der Waals surface area contributed by atoms with Gasteiger partial charge in [-0.25, -0.2) is 0 Å². The minimum atomic E-state index is -0.620. The molecule has 16 heavy (non-hydrogen) atoms. The second-order valence-electron chi connectivity index (χ2n) is 3.26. The second kappa shape index (κ2) is 2.98. The van der Waals surface area contributed by atoms with E-state index < -0.39 is 9.85 Å². The molecule has 0 aliphatic carbocycles. The lowest BCUT2D eigenvalue weighted by Crippen LogP contribution is -2.44. The first kappa shape index (κ1) is 10.0. The van der Waals surface area contributed by atoms with E-state index in [9.17, 15) is 20.2 Å². The number of hydrogen-bond acceptors (Lipinski definition) is 8. The molecule has 2 N–H and O–H groups in total. The minimum Gasteiger partial charge on any atom is -0.358 e. The maximum absolute atomic E-state index is 10.7. The normalized spacial score (nSPS) is 18.6. The number of allylic oxidation sites excluding steroid dienone is 2. The Morgan fingerprint density at radius 3 is 1.50 bits per heavy atom. The first-order chi connectivity index (χ1) is 7.43. The molecule has 0 radical (unpaired) electrons. The van der Waals surface area contributed by atoms with Crippen molar-refractivity contribution in [3.8, 4) is 0 Å². The van der Waals surface area contributed by atoms with E-state index in [0.717, 1.165) is 10.2 Å². The molecule has 86 valence electrons. The van der Waals surface area contributed by atoms with Crippen molar-refractivity contribution in [2.24, 2.45) is 0 Å². The standard InChI is InChI=1S/C6H8N6O4/c1-3-5(11(13)14)9-8-4(2)6(12(15)16)10(9)7-3/h7-8H,1-2H3. The van der Waals surface area contributed by atoms with Gasteiger partial charge in [0.25, 0.3) is 0 Å². The molecule has 2 aliphatic rings. The van der Waals surface area contributed by atoms with Crippen molar-refractivity contribution in [1.29, 1.82) is 0 Å². The Morgan fingerprint density at radius 2 is 1.25 bits per heavy atom. The summed E-state index contributed by atoms with van der Waals surface area (Å²) in [6, 6.07) is 0. The second-order valence-corrected chi connectivity index (χ2v) is 3.26. The molecule has 2 aliphatic heterocycles. The van der Waals surface area contributed by atoms with Crippen LogP contribution in [0.2, 0.25) is 0 Å². The average Bonchev–Trinajstić information content (AvgIpc) is 2.55. The number of rotatable bonds is 2. The van der Waals surface area contributed by atoms with Crippen LogP contribution in [0.5, 0.6) is 0 Å². The van der Waals surface area contributed by atoms with E-state index in [1.165, 1.54) is 13.8 Å². The van der Waals surface area contributed by atoms with Crippen molar-refractivity contribution in [1.82, 2.24) is 21.1 Å². The first-order valence-corrected chi connectivity index (χ1v) is 4.27. The van der Waals surface area contributed by atoms with E-state index in [1.807, 2.05) is 0 Å². The van der Waals surface area contributed by atoms with Gasteiger partial charge >= 0.3 is 11.6 Å². The molecular weight excluding hydrogens is 220 g/mol. The summed E-state index contributed by atoms with van der Waals surface area (Å²) in [5.41, 5.74) is 5.54. The monoisotopic (exact) mass is 228 g/mol. The van der Waals surface area contributed by atoms with E-state index in [0.29, 0.717) is 0 Å². The molecule has 0 atom stereocenters. The molecule has 0 aromatic rings. The Morgan fingerprint density at radius 1 is 0.938 bits per heavy atom. The molecule has 0 saturated carbocycles. The van der Waals surface area contributed by atoms with Crippen LogP contribution in [0.3, 0.4) is 0 Å². The van der Waals surface area contributed by atoms with Gasteiger partial charge < -0.3 is 20.2 Å². The third-order valence-corrected chi connectivity index (χ3v) is 2.17. The lowest BCUT2D eigenvalue weighted by molar-refractivity contribution is -0.475. The Bertz CT molecular complexity index is 412. The van der Waals surface area contributed by atoms with Gasteiger partial charge in [-0.15, -0.1) is 0 Å². The Balaban J connectivity index is 2.36. The van der Waals surface area contributed by atoms with Gasteiger partial charge in [-0.2, -0.15) is 10.9 Å². The molecule has 0 fully saturated rings. The number of nitro groups is 2. The molecule has 0 unspecified atom stereocenters. The van der Waals surface area contributed by atoms with E-state index in [1.54, 1.807) is 0 Å². The van der Waals surface area contributed by atoms with Crippen molar-refractivity contribution in [3.05, 3.63) is 43.3 Å². The molecule has 10 heteroatoms. The van der Waals surface area contributed by atoms with E-state index >= 15 is 0 Å². The first-order valence-electron chi connectivity index (χ1n) is 4.27. The summed E-state index contributed by atoms with van der Waals surface area (Å²) in [6.07, 6.45) is 0. The molecule has 2 rings (SSSR count). The summed E-state index contributed by atoms with van der Waals surface area (Å²) in [6.45, 7) is 2.93. The SMILES string of the molecule is CC1=C([N+](=O)[O-])N2NC(C)=C([N+](=O)[O-])N2N1. The number of hydrazine groups is 3. The third kappa shape index (κ3) is 1.12. The molecule has 0 aromatic carbocycles. The molecule has 2 heterocycles. The molecule has 0 bridgehead atoms. The van der Waals surface area contributed by atoms with Crippen molar-refractivity contribution in [2.75, 3.05) is 0 Å². The molecule has 0 amide bonds. The van der Waals surface area contributed by atoms with E-state index in [2.05, 4.69) is 10.9 Å². The van der Waals surface area contributed by atoms with Crippen LogP contribution in [0.25, 0.3) is 0 Å². The topological polar surface area (TPSA) is 117 Å². The zero-order chi connectivity index (χ0) is 12.0. The molecular formula is C6H8N6O4. The largest absolute Gasteiger partial charge is 0.410 e. The van der Waals surface area contributed by atoms with Crippen molar-refractivity contribution < 1.29 is 9.85 Å². The summed E-state index contributed by atoms with van der Waals surface area (Å²) in [4.78, 5) is 20.3. The zero-order valence-electron chi connectivity index (χ0n) is 8.42. The molecule has 0 saturated heterocycles. The fraction of sp³-hybridized carbons (Fsp3) is 0.333. The molecule has 0 aromatic heterocycles. The third-order valence-electron chi connectivity index (χ3n) is 2.17. The van der Waals surface area contributed by atoms with Crippen LogP contribution in [0.15, 0.2) is 23.0 Å². The highest BCUT2D eigenvalue weighted by Crippen LogP contribution is 2.27. The number of hydrogen-bond donors (Lipinski definition) is 2. The summed E-state index contributed by atoms with van der Waals surface area (Å²) in [5, 5.41) is 23.5. The van der Waals surface area contributed by atoms with Crippen LogP contribution in [-0.4, -0.2) is 20.1 Å². The molecule has 0 spiro atoms. The summed E-state index contributed by atoms with van der Waals surface area (Å²) in [5.74, 6) is -0.535. The number of fused-ring (bicyclic) bond motifs is 1. The van der Waals surface area contributed by atoms with Gasteiger partial charge in [0, 0.05) is 0 Å². The highest BCUT2D eigenvalue weighted by atomic mass is 16.6. The van der Waals surface area contributed by atoms with Crippen LogP contribution < -0.4 is 10.9 Å². The van der Waals surface area contributed by atoms with Crippen LogP contribution in [0, 0.1) is 20.2 Å². The Labute approximate surface area is 89.0 Å². The Hall–Kier alpha value is -2.52. The Kier molecular flexibility index (Phi) is 1.87. The van der Waals surface area contributed by atoms with Crippen molar-refractivity contribution in [2.45, 2.75) is 13.8 Å². The fourth-order valence-electron chi connectivity index (χ4n) is 1.56. The van der Waals surface area contributed by atoms with Gasteiger partial charge in [0.1, 0.15) is 0 Å². The molecule has 10 nitrogen and oxygen atoms in total. The van der Waals surface area contributed by atoms with Crippen LogP contribution in [0.4, 0.5) is 0 Å². The maximum atomic E-state index is 10.7. The summed E-state index contributed by atoms with van der Waals surface area (Å²) >= 11 is 0. The van der Waals surface area contributed by atoms with Gasteiger partial charge in [0.2, 0.25) is 0 Å². The van der Waals surface area contributed by atoms with Gasteiger partial charge in [0.15, 0.2) is 11.4 Å². The lowest BCUT2D eigenvalue weighted by atomic mass is 10.5. The van der Waals surface area contributed by atoms with E-state index in [-0.39, 0.29) is 23.0 Å². The lowest BCUT2D eigenvalue weighted by Gasteiger charge is -2.08. The van der Waals surface area contributed by atoms with Crippen molar-refractivity contribution >= 4 is 0 Å². The van der Waals surface area contributed by atoms with Crippen LogP contribution in [0.1, 0.15) is 13.8 Å². The van der Waals surface area contributed by atoms with E-state index in [4.69, 9.17) is 0 Å². The highest BCUT2D eigenvalue weighted by Gasteiger charge is 2.54.